The van der Waals surface area contributed by atoms with Crippen molar-refractivity contribution >= 4 is 12.0 Å². The molecule has 2 atom stereocenters. The molecule has 0 aromatic heterocycles. The summed E-state index contributed by atoms with van der Waals surface area (Å²) >= 11 is 0. The number of fused-ring (bicyclic) bond motifs is 3. The summed E-state index contributed by atoms with van der Waals surface area (Å²) in [6.07, 6.45) is 6.52. The predicted molar refractivity (Wildman–Crippen MR) is 92.2 cm³/mol. The highest BCUT2D eigenvalue weighted by atomic mass is 16.5. The van der Waals surface area contributed by atoms with Gasteiger partial charge >= 0.3 is 0 Å². The minimum atomic E-state index is 0.0785. The molecule has 0 saturated carbocycles. The molecule has 1 N–H and O–H groups in total. The molecular formula is C19H24N2O3. The Balaban J connectivity index is 1.52. The van der Waals surface area contributed by atoms with Gasteiger partial charge in [-0.15, -0.1) is 0 Å². The van der Waals surface area contributed by atoms with E-state index in [4.69, 9.17) is 9.47 Å². The molecule has 3 aliphatic rings. The van der Waals surface area contributed by atoms with E-state index in [1.54, 1.807) is 7.11 Å². The van der Waals surface area contributed by atoms with Gasteiger partial charge in [0.05, 0.1) is 12.7 Å². The molecule has 1 aromatic rings. The van der Waals surface area contributed by atoms with Crippen molar-refractivity contribution < 1.29 is 14.3 Å². The molecule has 2 unspecified atom stereocenters. The third-order valence-electron chi connectivity index (χ3n) is 5.52. The average molecular weight is 328 g/mol. The summed E-state index contributed by atoms with van der Waals surface area (Å²) in [5, 5.41) is 3.63. The summed E-state index contributed by atoms with van der Waals surface area (Å²) in [6.45, 7) is 0.334. The number of nitrogens with one attached hydrogen (secondary N) is 1. The first-order valence-electron chi connectivity index (χ1n) is 8.68. The van der Waals surface area contributed by atoms with Gasteiger partial charge in [-0.2, -0.15) is 0 Å². The zero-order valence-corrected chi connectivity index (χ0v) is 14.2. The number of rotatable bonds is 3. The normalized spacial score (nSPS) is 27.8. The Morgan fingerprint density at radius 2 is 2.04 bits per heavy atom. The van der Waals surface area contributed by atoms with Crippen LogP contribution in [0.25, 0.3) is 6.08 Å². The summed E-state index contributed by atoms with van der Waals surface area (Å²) in [6, 6.07) is 7.14. The van der Waals surface area contributed by atoms with Crippen LogP contribution in [0.2, 0.25) is 0 Å². The van der Waals surface area contributed by atoms with Crippen LogP contribution in [0, 0.1) is 0 Å². The van der Waals surface area contributed by atoms with Gasteiger partial charge in [0.25, 0.3) is 5.91 Å². The van der Waals surface area contributed by atoms with Gasteiger partial charge in [0.15, 0.2) is 0 Å². The van der Waals surface area contributed by atoms with Crippen LogP contribution in [0.1, 0.15) is 31.2 Å². The SMILES string of the molecule is COc1ccc2c(c1)C=C(C(=O)N(C)C1CC3CCC(C1)N3)CO2. The van der Waals surface area contributed by atoms with Crippen LogP contribution in [0.3, 0.4) is 0 Å². The number of benzene rings is 1. The fourth-order valence-corrected chi connectivity index (χ4v) is 4.14. The number of piperidine rings is 1. The van der Waals surface area contributed by atoms with Crippen LogP contribution in [-0.2, 0) is 4.79 Å². The Labute approximate surface area is 142 Å². The number of nitrogens with zero attached hydrogens (tertiary/aromatic N) is 1. The second-order valence-corrected chi connectivity index (χ2v) is 7.04. The Kier molecular flexibility index (Phi) is 3.96. The molecule has 2 fully saturated rings. The third-order valence-corrected chi connectivity index (χ3v) is 5.52. The lowest BCUT2D eigenvalue weighted by Gasteiger charge is -2.36. The molecule has 1 aromatic carbocycles. The van der Waals surface area contributed by atoms with Crippen molar-refractivity contribution in [2.45, 2.75) is 43.8 Å². The van der Waals surface area contributed by atoms with E-state index in [1.807, 2.05) is 36.2 Å². The molecule has 1 amide bonds. The number of methoxy groups -OCH3 is 1. The van der Waals surface area contributed by atoms with Crippen LogP contribution < -0.4 is 14.8 Å². The topological polar surface area (TPSA) is 50.8 Å². The number of amides is 1. The van der Waals surface area contributed by atoms with E-state index in [0.29, 0.717) is 30.3 Å². The van der Waals surface area contributed by atoms with E-state index in [1.165, 1.54) is 12.8 Å². The van der Waals surface area contributed by atoms with E-state index in [2.05, 4.69) is 5.32 Å². The zero-order chi connectivity index (χ0) is 16.7. The molecular weight excluding hydrogens is 304 g/mol. The Morgan fingerprint density at radius 3 is 2.75 bits per heavy atom. The lowest BCUT2D eigenvalue weighted by atomic mass is 9.97. The van der Waals surface area contributed by atoms with E-state index >= 15 is 0 Å². The van der Waals surface area contributed by atoms with Crippen molar-refractivity contribution in [1.29, 1.82) is 0 Å². The number of carbonyl (C=O) groups is 1. The van der Waals surface area contributed by atoms with E-state index < -0.39 is 0 Å². The van der Waals surface area contributed by atoms with Gasteiger partial charge in [0.2, 0.25) is 0 Å². The lowest BCUT2D eigenvalue weighted by Crippen LogP contribution is -2.49. The molecule has 0 radical (unpaired) electrons. The predicted octanol–water partition coefficient (Wildman–Crippen LogP) is 2.21. The molecule has 5 nitrogen and oxygen atoms in total. The first-order chi connectivity index (χ1) is 11.6. The maximum Gasteiger partial charge on any atom is 0.253 e. The highest BCUT2D eigenvalue weighted by molar-refractivity contribution is 5.99. The van der Waals surface area contributed by atoms with Gasteiger partial charge in [0, 0.05) is 30.7 Å². The first kappa shape index (κ1) is 15.5. The van der Waals surface area contributed by atoms with Crippen LogP contribution >= 0.6 is 0 Å². The monoisotopic (exact) mass is 328 g/mol. The van der Waals surface area contributed by atoms with E-state index in [0.717, 1.165) is 29.9 Å². The summed E-state index contributed by atoms with van der Waals surface area (Å²) in [5.74, 6) is 1.65. The fourth-order valence-electron chi connectivity index (χ4n) is 4.14. The maximum atomic E-state index is 12.9. The van der Waals surface area contributed by atoms with Gasteiger partial charge in [-0.3, -0.25) is 4.79 Å². The second kappa shape index (κ2) is 6.13. The van der Waals surface area contributed by atoms with Gasteiger partial charge in [-0.1, -0.05) is 0 Å². The first-order valence-corrected chi connectivity index (χ1v) is 8.68. The standard InChI is InChI=1S/C19H24N2O3/c1-21(16-9-14-3-4-15(10-16)20-14)19(22)13-7-12-8-17(23-2)5-6-18(12)24-11-13/h5-8,14-16,20H,3-4,9-11H2,1-2H3. The number of carbonyl (C=O) groups excluding carboxylic acids is 1. The van der Waals surface area contributed by atoms with Crippen LogP contribution in [0.15, 0.2) is 23.8 Å². The van der Waals surface area contributed by atoms with E-state index in [-0.39, 0.29) is 5.91 Å². The van der Waals surface area contributed by atoms with Crippen LogP contribution in [0.5, 0.6) is 11.5 Å². The lowest BCUT2D eigenvalue weighted by molar-refractivity contribution is -0.128. The molecule has 24 heavy (non-hydrogen) atoms. The quantitative estimate of drug-likeness (QED) is 0.924. The maximum absolute atomic E-state index is 12.9. The van der Waals surface area contributed by atoms with Gasteiger partial charge < -0.3 is 19.7 Å². The zero-order valence-electron chi connectivity index (χ0n) is 14.2. The molecule has 5 heteroatoms. The molecule has 3 heterocycles. The minimum absolute atomic E-state index is 0.0785. The average Bonchev–Trinajstić information content (AvgIpc) is 2.97. The van der Waals surface area contributed by atoms with Gasteiger partial charge in [-0.25, -0.2) is 0 Å². The Hall–Kier alpha value is -2.01. The van der Waals surface area contributed by atoms with Crippen molar-refractivity contribution in [1.82, 2.24) is 10.2 Å². The molecule has 2 saturated heterocycles. The third kappa shape index (κ3) is 2.77. The van der Waals surface area contributed by atoms with Crippen molar-refractivity contribution in [3.8, 4) is 11.5 Å². The highest BCUT2D eigenvalue weighted by Crippen LogP contribution is 2.32. The smallest absolute Gasteiger partial charge is 0.253 e. The van der Waals surface area contributed by atoms with Gasteiger partial charge in [-0.05, 0) is 50.0 Å². The van der Waals surface area contributed by atoms with Crippen molar-refractivity contribution in [3.05, 3.63) is 29.3 Å². The summed E-state index contributed by atoms with van der Waals surface area (Å²) < 4.78 is 11.0. The largest absolute Gasteiger partial charge is 0.497 e. The molecule has 2 bridgehead atoms. The Morgan fingerprint density at radius 1 is 1.29 bits per heavy atom. The van der Waals surface area contributed by atoms with E-state index in [9.17, 15) is 4.79 Å². The molecule has 128 valence electrons. The molecule has 4 rings (SSSR count). The summed E-state index contributed by atoms with van der Waals surface area (Å²) in [4.78, 5) is 14.8. The van der Waals surface area contributed by atoms with Crippen LogP contribution in [0.4, 0.5) is 0 Å². The number of hydrogen-bond acceptors (Lipinski definition) is 4. The van der Waals surface area contributed by atoms with Crippen molar-refractivity contribution in [2.24, 2.45) is 0 Å². The Bertz CT molecular complexity index is 673. The number of hydrogen-bond donors (Lipinski definition) is 1. The second-order valence-electron chi connectivity index (χ2n) is 7.04. The minimum Gasteiger partial charge on any atom is -0.497 e. The summed E-state index contributed by atoms with van der Waals surface area (Å²) in [7, 11) is 3.57. The highest BCUT2D eigenvalue weighted by Gasteiger charge is 2.37. The number of ether oxygens (including phenoxy) is 2. The molecule has 0 aliphatic carbocycles. The molecule has 3 aliphatic heterocycles. The fraction of sp³-hybridized carbons (Fsp3) is 0.526. The summed E-state index contributed by atoms with van der Waals surface area (Å²) in [5.41, 5.74) is 1.62. The van der Waals surface area contributed by atoms with Crippen molar-refractivity contribution in [2.75, 3.05) is 20.8 Å². The van der Waals surface area contributed by atoms with Gasteiger partial charge in [0.1, 0.15) is 18.1 Å². The van der Waals surface area contributed by atoms with Crippen LogP contribution in [-0.4, -0.2) is 49.7 Å². The van der Waals surface area contributed by atoms with Crippen molar-refractivity contribution in [3.63, 3.8) is 0 Å². The number of likely N-dealkylation sites (N-methyl/N-ethyl adjacent to an activating group) is 1. The molecule has 0 spiro atoms.